The van der Waals surface area contributed by atoms with Crippen molar-refractivity contribution in [3.8, 4) is 5.75 Å². The molecule has 21 heavy (non-hydrogen) atoms. The summed E-state index contributed by atoms with van der Waals surface area (Å²) in [6.07, 6.45) is 0.435. The van der Waals surface area contributed by atoms with Crippen LogP contribution < -0.4 is 20.8 Å². The minimum atomic E-state index is -0.292. The van der Waals surface area contributed by atoms with Gasteiger partial charge in [0.1, 0.15) is 13.6 Å². The van der Waals surface area contributed by atoms with E-state index in [0.29, 0.717) is 28.3 Å². The van der Waals surface area contributed by atoms with Gasteiger partial charge in [-0.05, 0) is 30.8 Å². The number of hydrogen-bond acceptors (Lipinski definition) is 3. The van der Waals surface area contributed by atoms with Crippen molar-refractivity contribution < 1.29 is 9.53 Å². The second-order valence-electron chi connectivity index (χ2n) is 4.85. The molecule has 108 valence electrons. The van der Waals surface area contributed by atoms with E-state index in [1.807, 2.05) is 19.9 Å². The van der Waals surface area contributed by atoms with Crippen LogP contribution in [0.5, 0.6) is 5.75 Å². The first-order valence-electron chi connectivity index (χ1n) is 6.72. The zero-order chi connectivity index (χ0) is 15.6. The van der Waals surface area contributed by atoms with Crippen LogP contribution in [0, 0.1) is 0 Å². The highest BCUT2D eigenvalue weighted by Gasteiger charge is 2.28. The summed E-state index contributed by atoms with van der Waals surface area (Å²) >= 11 is 5.19. The lowest BCUT2D eigenvalue weighted by atomic mass is 9.87. The van der Waals surface area contributed by atoms with Gasteiger partial charge in [-0.25, -0.2) is 0 Å². The van der Waals surface area contributed by atoms with Crippen molar-refractivity contribution in [3.05, 3.63) is 35.0 Å². The van der Waals surface area contributed by atoms with E-state index in [1.54, 1.807) is 19.2 Å². The number of carbonyl (C=O) groups excluding carboxylic acids is 1. The number of ketones is 1. The smallest absolute Gasteiger partial charge is 0.171 e. The van der Waals surface area contributed by atoms with Crippen LogP contribution >= 0.6 is 12.2 Å². The molecule has 6 heteroatoms. The molecule has 1 aliphatic rings. The number of hydrogen-bond donors (Lipinski definition) is 2. The number of allylic oxidation sites excluding steroid dienone is 1. The van der Waals surface area contributed by atoms with E-state index < -0.39 is 0 Å². The predicted octanol–water partition coefficient (Wildman–Crippen LogP) is 1.26. The van der Waals surface area contributed by atoms with Gasteiger partial charge >= 0.3 is 0 Å². The van der Waals surface area contributed by atoms with Gasteiger partial charge < -0.3 is 15.4 Å². The lowest BCUT2D eigenvalue weighted by Crippen LogP contribution is -2.45. The van der Waals surface area contributed by atoms with Crippen molar-refractivity contribution in [3.63, 3.8) is 0 Å². The average Bonchev–Trinajstić information content (AvgIpc) is 2.45. The standard InChI is InChI=1S/C15H17BN2O2S/c1-4-11(19)13-8(2)17-15(21)18-14(13)9-5-6-12(20-3)10(16)7-9/h5-7,14H,4H2,1-3H3,(H2,17,18,21). The van der Waals surface area contributed by atoms with Crippen molar-refractivity contribution >= 4 is 36.4 Å². The molecule has 1 aliphatic heterocycles. The van der Waals surface area contributed by atoms with Crippen molar-refractivity contribution in [1.82, 2.24) is 10.6 Å². The zero-order valence-corrected chi connectivity index (χ0v) is 13.1. The predicted molar refractivity (Wildman–Crippen MR) is 88.0 cm³/mol. The molecule has 1 atom stereocenters. The topological polar surface area (TPSA) is 50.4 Å². The number of carbonyl (C=O) groups is 1. The summed E-state index contributed by atoms with van der Waals surface area (Å²) in [5, 5.41) is 6.64. The fourth-order valence-electron chi connectivity index (χ4n) is 2.44. The van der Waals surface area contributed by atoms with E-state index in [1.165, 1.54) is 0 Å². The molecule has 0 aliphatic carbocycles. The van der Waals surface area contributed by atoms with Crippen LogP contribution in [-0.2, 0) is 4.79 Å². The molecule has 1 unspecified atom stereocenters. The molecule has 4 nitrogen and oxygen atoms in total. The van der Waals surface area contributed by atoms with Gasteiger partial charge in [0.2, 0.25) is 0 Å². The second-order valence-corrected chi connectivity index (χ2v) is 5.26. The molecule has 2 N–H and O–H groups in total. The highest BCUT2D eigenvalue weighted by atomic mass is 32.1. The maximum absolute atomic E-state index is 12.2. The van der Waals surface area contributed by atoms with Gasteiger partial charge in [-0.15, -0.1) is 0 Å². The zero-order valence-electron chi connectivity index (χ0n) is 12.3. The number of Topliss-reactive ketones (excluding diaryl/α,β-unsaturated/α-hetero) is 1. The number of nitrogens with one attached hydrogen (secondary N) is 2. The monoisotopic (exact) mass is 300 g/mol. The third kappa shape index (κ3) is 3.10. The van der Waals surface area contributed by atoms with Crippen LogP contribution in [0.15, 0.2) is 29.5 Å². The highest BCUT2D eigenvalue weighted by Crippen LogP contribution is 2.28. The Hall–Kier alpha value is -1.82. The van der Waals surface area contributed by atoms with Gasteiger partial charge in [0.05, 0.1) is 13.2 Å². The van der Waals surface area contributed by atoms with Gasteiger partial charge in [0.15, 0.2) is 10.9 Å². The van der Waals surface area contributed by atoms with Crippen molar-refractivity contribution in [2.24, 2.45) is 0 Å². The van der Waals surface area contributed by atoms with Crippen LogP contribution in [0.25, 0.3) is 0 Å². The van der Waals surface area contributed by atoms with Gasteiger partial charge in [-0.3, -0.25) is 4.79 Å². The number of benzene rings is 1. The summed E-state index contributed by atoms with van der Waals surface area (Å²) in [6.45, 7) is 3.70. The summed E-state index contributed by atoms with van der Waals surface area (Å²) in [7, 11) is 7.53. The first kappa shape index (κ1) is 15.6. The normalized spacial score (nSPS) is 18.0. The molecule has 2 radical (unpaired) electrons. The van der Waals surface area contributed by atoms with E-state index in [0.717, 1.165) is 11.3 Å². The Kier molecular flexibility index (Phi) is 4.68. The maximum atomic E-state index is 12.2. The molecule has 0 saturated carbocycles. The molecular weight excluding hydrogens is 283 g/mol. The Bertz CT molecular complexity index is 628. The third-order valence-electron chi connectivity index (χ3n) is 3.48. The van der Waals surface area contributed by atoms with E-state index in [-0.39, 0.29) is 11.8 Å². The van der Waals surface area contributed by atoms with Gasteiger partial charge in [0, 0.05) is 17.7 Å². The van der Waals surface area contributed by atoms with Crippen LogP contribution in [0.3, 0.4) is 0 Å². The molecular formula is C15H17BN2O2S. The van der Waals surface area contributed by atoms with Crippen LogP contribution in [0.2, 0.25) is 0 Å². The van der Waals surface area contributed by atoms with Crippen molar-refractivity contribution in [2.75, 3.05) is 7.11 Å². The molecule has 1 aromatic rings. The molecule has 0 fully saturated rings. The molecule has 1 aromatic carbocycles. The quantitative estimate of drug-likeness (QED) is 0.648. The average molecular weight is 300 g/mol. The first-order valence-corrected chi connectivity index (χ1v) is 7.13. The summed E-state index contributed by atoms with van der Waals surface area (Å²) in [4.78, 5) is 12.2. The number of rotatable bonds is 4. The SMILES string of the molecule is [B]c1cc(C2NC(=S)NC(C)=C2C(=O)CC)ccc1OC. The Morgan fingerprint density at radius 1 is 1.48 bits per heavy atom. The minimum absolute atomic E-state index is 0.0781. The molecule has 0 aromatic heterocycles. The second kappa shape index (κ2) is 6.31. The molecule has 1 heterocycles. The number of methoxy groups -OCH3 is 1. The van der Waals surface area contributed by atoms with Crippen LogP contribution in [0.1, 0.15) is 31.9 Å². The largest absolute Gasteiger partial charge is 0.497 e. The van der Waals surface area contributed by atoms with Gasteiger partial charge in [0.25, 0.3) is 0 Å². The van der Waals surface area contributed by atoms with E-state index >= 15 is 0 Å². The van der Waals surface area contributed by atoms with E-state index in [4.69, 9.17) is 24.8 Å². The molecule has 0 spiro atoms. The lowest BCUT2D eigenvalue weighted by Gasteiger charge is -2.30. The van der Waals surface area contributed by atoms with Crippen LogP contribution in [-0.4, -0.2) is 25.9 Å². The van der Waals surface area contributed by atoms with Gasteiger partial charge in [-0.2, -0.15) is 0 Å². The molecule has 0 saturated heterocycles. The maximum Gasteiger partial charge on any atom is 0.171 e. The molecule has 0 amide bonds. The first-order chi connectivity index (χ1) is 9.97. The summed E-state index contributed by atoms with van der Waals surface area (Å²) < 4.78 is 5.16. The van der Waals surface area contributed by atoms with Crippen molar-refractivity contribution in [1.29, 1.82) is 0 Å². The summed E-state index contributed by atoms with van der Waals surface area (Å²) in [5.41, 5.74) is 2.89. The number of ether oxygens (including phenoxy) is 1. The van der Waals surface area contributed by atoms with Crippen LogP contribution in [0.4, 0.5) is 0 Å². The lowest BCUT2D eigenvalue weighted by molar-refractivity contribution is -0.115. The Morgan fingerprint density at radius 2 is 2.19 bits per heavy atom. The fraction of sp³-hybridized carbons (Fsp3) is 0.333. The fourth-order valence-corrected chi connectivity index (χ4v) is 2.71. The van der Waals surface area contributed by atoms with E-state index in [2.05, 4.69) is 10.6 Å². The Balaban J connectivity index is 2.48. The highest BCUT2D eigenvalue weighted by molar-refractivity contribution is 7.80. The summed E-state index contributed by atoms with van der Waals surface area (Å²) in [5.74, 6) is 0.689. The molecule has 2 rings (SSSR count). The summed E-state index contributed by atoms with van der Waals surface area (Å²) in [6, 6.07) is 5.19. The van der Waals surface area contributed by atoms with Crippen molar-refractivity contribution in [2.45, 2.75) is 26.3 Å². The minimum Gasteiger partial charge on any atom is -0.497 e. The third-order valence-corrected chi connectivity index (χ3v) is 3.70. The Labute approximate surface area is 131 Å². The van der Waals surface area contributed by atoms with E-state index in [9.17, 15) is 4.79 Å². The van der Waals surface area contributed by atoms with Gasteiger partial charge in [-0.1, -0.05) is 24.5 Å². The number of thiocarbonyl (C=S) groups is 1. The molecule has 0 bridgehead atoms. The Morgan fingerprint density at radius 3 is 2.76 bits per heavy atom.